The van der Waals surface area contributed by atoms with Crippen LogP contribution in [0.1, 0.15) is 30.3 Å². The normalized spacial score (nSPS) is 15.6. The summed E-state index contributed by atoms with van der Waals surface area (Å²) in [6.07, 6.45) is -0.0565. The van der Waals surface area contributed by atoms with Crippen LogP contribution in [0.15, 0.2) is 186 Å². The first-order chi connectivity index (χ1) is 30.6. The van der Waals surface area contributed by atoms with E-state index in [1.807, 2.05) is 84.9 Å². The summed E-state index contributed by atoms with van der Waals surface area (Å²) in [5, 5.41) is 6.54. The molecule has 1 aromatic heterocycles. The molecular formula is C49H32O. The molecular weight excluding hydrogens is 605 g/mol. The lowest BCUT2D eigenvalue weighted by molar-refractivity contribution is 0.669. The number of furan rings is 1. The van der Waals surface area contributed by atoms with Crippen molar-refractivity contribution in [1.82, 2.24) is 0 Å². The fraction of sp³-hybridized carbons (Fsp3) is 0.0204. The van der Waals surface area contributed by atoms with Gasteiger partial charge in [-0.2, -0.15) is 0 Å². The minimum absolute atomic E-state index is 0.0565. The SMILES string of the molecule is [2H]c1c([2H])c([2H])c(-c2ccc3cc4oc5ccc(-c6c7ccccc7c(Cc7c([2H])c([2H])c([2H])c([2H])c7-c7c([2H])c([2H])c([2H])c([2H])c7[2H])c7ccccc67)cc5c4cc3c2)c([2H])c1[2H]. The molecule has 0 bridgehead atoms. The van der Waals surface area contributed by atoms with Gasteiger partial charge >= 0.3 is 0 Å². The number of fused-ring (bicyclic) bond motifs is 6. The van der Waals surface area contributed by atoms with Crippen LogP contribution < -0.4 is 0 Å². The molecule has 1 heterocycles. The van der Waals surface area contributed by atoms with Crippen molar-refractivity contribution in [3.63, 3.8) is 0 Å². The summed E-state index contributed by atoms with van der Waals surface area (Å²) < 4.78 is 126. The molecule has 0 aliphatic heterocycles. The third kappa shape index (κ3) is 4.70. The Balaban J connectivity index is 1.18. The van der Waals surface area contributed by atoms with Crippen molar-refractivity contribution in [2.75, 3.05) is 0 Å². The summed E-state index contributed by atoms with van der Waals surface area (Å²) in [4.78, 5) is 0. The molecule has 0 atom stereocenters. The lowest BCUT2D eigenvalue weighted by atomic mass is 9.85. The van der Waals surface area contributed by atoms with E-state index in [0.29, 0.717) is 16.7 Å². The highest BCUT2D eigenvalue weighted by atomic mass is 16.3. The van der Waals surface area contributed by atoms with Crippen molar-refractivity contribution in [2.45, 2.75) is 6.42 Å². The van der Waals surface area contributed by atoms with E-state index in [1.54, 1.807) is 6.07 Å². The van der Waals surface area contributed by atoms with Crippen LogP contribution in [-0.2, 0) is 6.42 Å². The molecule has 0 amide bonds. The van der Waals surface area contributed by atoms with Gasteiger partial charge in [0, 0.05) is 10.8 Å². The first kappa shape index (κ1) is 17.8. The van der Waals surface area contributed by atoms with Gasteiger partial charge in [0.1, 0.15) is 11.2 Å². The smallest absolute Gasteiger partial charge is 0.136 e. The highest BCUT2D eigenvalue weighted by Crippen LogP contribution is 2.43. The molecule has 10 rings (SSSR count). The number of hydrogen-bond acceptors (Lipinski definition) is 1. The second-order valence-corrected chi connectivity index (χ2v) is 12.2. The Hall–Kier alpha value is -6.44. The highest BCUT2D eigenvalue weighted by molar-refractivity contribution is 6.17. The second kappa shape index (κ2) is 11.6. The monoisotopic (exact) mass is 650 g/mol. The van der Waals surface area contributed by atoms with Crippen LogP contribution in [0.4, 0.5) is 0 Å². The average Bonchev–Trinajstić information content (AvgIpc) is 3.66. The summed E-state index contributed by atoms with van der Waals surface area (Å²) in [5.74, 6) is 0. The topological polar surface area (TPSA) is 13.1 Å². The largest absolute Gasteiger partial charge is 0.456 e. The fourth-order valence-electron chi connectivity index (χ4n) is 7.18. The van der Waals surface area contributed by atoms with Crippen LogP contribution in [0.3, 0.4) is 0 Å². The predicted octanol–water partition coefficient (Wildman–Crippen LogP) is 13.6. The number of rotatable bonds is 5. The molecule has 0 N–H and O–H groups in total. The van der Waals surface area contributed by atoms with E-state index in [1.165, 1.54) is 0 Å². The molecule has 0 aliphatic carbocycles. The molecule has 234 valence electrons. The van der Waals surface area contributed by atoms with E-state index in [9.17, 15) is 0 Å². The lowest BCUT2D eigenvalue weighted by Gasteiger charge is -2.18. The molecule has 10 aromatic rings. The van der Waals surface area contributed by atoms with Crippen LogP contribution in [0.2, 0.25) is 0 Å². The molecule has 9 aromatic carbocycles. The Morgan fingerprint density at radius 2 is 1.04 bits per heavy atom. The maximum absolute atomic E-state index is 9.14. The zero-order valence-corrected chi connectivity index (χ0v) is 26.4. The third-order valence-electron chi connectivity index (χ3n) is 9.42. The van der Waals surface area contributed by atoms with Crippen molar-refractivity contribution < 1.29 is 23.6 Å². The minimum Gasteiger partial charge on any atom is -0.456 e. The van der Waals surface area contributed by atoms with Crippen molar-refractivity contribution in [3.05, 3.63) is 193 Å². The van der Waals surface area contributed by atoms with E-state index in [4.69, 9.17) is 23.6 Å². The Morgan fingerprint density at radius 3 is 1.78 bits per heavy atom. The van der Waals surface area contributed by atoms with E-state index >= 15 is 0 Å². The maximum atomic E-state index is 9.14. The number of hydrogen-bond donors (Lipinski definition) is 0. The van der Waals surface area contributed by atoms with Crippen LogP contribution in [-0.4, -0.2) is 0 Å². The van der Waals surface area contributed by atoms with Gasteiger partial charge in [0.25, 0.3) is 0 Å². The molecule has 0 radical (unpaired) electrons. The molecule has 1 nitrogen and oxygen atoms in total. The first-order valence-electron chi connectivity index (χ1n) is 23.2. The van der Waals surface area contributed by atoms with Crippen molar-refractivity contribution in [3.8, 4) is 33.4 Å². The Kier molecular flexibility index (Phi) is 4.14. The van der Waals surface area contributed by atoms with Gasteiger partial charge in [0.15, 0.2) is 0 Å². The van der Waals surface area contributed by atoms with E-state index in [2.05, 4.69) is 6.07 Å². The summed E-state index contributed by atoms with van der Waals surface area (Å²) in [7, 11) is 0. The number of benzene rings is 9. The quantitative estimate of drug-likeness (QED) is 0.169. The van der Waals surface area contributed by atoms with Gasteiger partial charge in [0.2, 0.25) is 0 Å². The maximum Gasteiger partial charge on any atom is 0.136 e. The Labute approximate surface area is 310 Å². The van der Waals surface area contributed by atoms with Gasteiger partial charge in [-0.05, 0) is 114 Å². The van der Waals surface area contributed by atoms with Crippen LogP contribution in [0.5, 0.6) is 0 Å². The van der Waals surface area contributed by atoms with Crippen molar-refractivity contribution in [2.24, 2.45) is 0 Å². The summed E-state index contributed by atoms with van der Waals surface area (Å²) in [5.41, 5.74) is 4.04. The van der Waals surface area contributed by atoms with Gasteiger partial charge in [0.05, 0.1) is 19.2 Å². The lowest BCUT2D eigenvalue weighted by Crippen LogP contribution is -1.97. The zero-order valence-electron chi connectivity index (χ0n) is 40.4. The molecule has 0 saturated carbocycles. The predicted molar refractivity (Wildman–Crippen MR) is 212 cm³/mol. The molecule has 1 heteroatoms. The fourth-order valence-corrected chi connectivity index (χ4v) is 7.18. The molecule has 50 heavy (non-hydrogen) atoms. The third-order valence-corrected chi connectivity index (χ3v) is 9.42. The Morgan fingerprint density at radius 1 is 0.420 bits per heavy atom. The van der Waals surface area contributed by atoms with Gasteiger partial charge in [-0.25, -0.2) is 0 Å². The summed E-state index contributed by atoms with van der Waals surface area (Å²) in [6, 6.07) is 24.0. The van der Waals surface area contributed by atoms with Crippen molar-refractivity contribution >= 4 is 54.3 Å². The molecule has 0 unspecified atom stereocenters. The van der Waals surface area contributed by atoms with Crippen LogP contribution in [0, 0.1) is 0 Å². The van der Waals surface area contributed by atoms with Crippen LogP contribution in [0.25, 0.3) is 87.6 Å². The van der Waals surface area contributed by atoms with Crippen LogP contribution >= 0.6 is 0 Å². The molecule has 0 spiro atoms. The van der Waals surface area contributed by atoms with Crippen molar-refractivity contribution in [1.29, 1.82) is 0 Å². The van der Waals surface area contributed by atoms with Gasteiger partial charge in [-0.1, -0.05) is 151 Å². The van der Waals surface area contributed by atoms with Gasteiger partial charge in [-0.15, -0.1) is 0 Å². The highest BCUT2D eigenvalue weighted by Gasteiger charge is 2.18. The zero-order chi connectivity index (χ0) is 45.2. The van der Waals surface area contributed by atoms with E-state index < -0.39 is 66.5 Å². The molecule has 0 aliphatic rings. The van der Waals surface area contributed by atoms with E-state index in [0.717, 1.165) is 59.8 Å². The van der Waals surface area contributed by atoms with E-state index in [-0.39, 0.29) is 46.8 Å². The summed E-state index contributed by atoms with van der Waals surface area (Å²) >= 11 is 0. The first-order valence-corrected chi connectivity index (χ1v) is 16.2. The van der Waals surface area contributed by atoms with Gasteiger partial charge < -0.3 is 4.42 Å². The average molecular weight is 651 g/mol. The summed E-state index contributed by atoms with van der Waals surface area (Å²) in [6.45, 7) is 0. The molecule has 0 saturated heterocycles. The second-order valence-electron chi connectivity index (χ2n) is 12.2. The molecule has 0 fully saturated rings. The minimum atomic E-state index is -0.608. The van der Waals surface area contributed by atoms with Gasteiger partial charge in [-0.3, -0.25) is 0 Å². The standard InChI is InChI=1S/C49H32O/c1-3-13-32(14-4-1)34-23-24-35-31-48-46(30-38(35)27-34)45-29-37(25-26-47(45)50-48)49-42-21-11-9-19-40(42)44(41-20-10-12-22-43(41)49)28-36-17-7-8-18-39(36)33-15-5-2-6-16-33/h1-27,29-31H,28H2/i1D,2D,3D,4D,5D,6D,7D,8D,13D,14D,15D,16D,17D,18D. The Bertz CT molecular complexity index is 3590.